The maximum atomic E-state index is 12.7. The Kier molecular flexibility index (Phi) is 2.32. The average Bonchev–Trinajstić information content (AvgIpc) is 2.70. The van der Waals surface area contributed by atoms with Crippen LogP contribution in [-0.4, -0.2) is 14.8 Å². The topological polar surface area (TPSA) is 56.7 Å². The summed E-state index contributed by atoms with van der Waals surface area (Å²) in [5, 5.41) is 3.79. The Morgan fingerprint density at radius 1 is 1.33 bits per heavy atom. The van der Waals surface area contributed by atoms with Gasteiger partial charge in [0.05, 0.1) is 5.69 Å². The van der Waals surface area contributed by atoms with Crippen molar-refractivity contribution in [3.8, 4) is 5.69 Å². The molecule has 0 spiro atoms. The maximum Gasteiger partial charge on any atom is 0.266 e. The summed E-state index contributed by atoms with van der Waals surface area (Å²) in [6, 6.07) is 4.27. The summed E-state index contributed by atoms with van der Waals surface area (Å²) in [5.74, 6) is 0. The van der Waals surface area contributed by atoms with Crippen LogP contribution >= 0.6 is 0 Å². The molecule has 0 aliphatic heterocycles. The van der Waals surface area contributed by atoms with Crippen LogP contribution in [0, 0.1) is 0 Å². The average molecular weight is 210 g/mol. The molecule has 0 bridgehead atoms. The van der Waals surface area contributed by atoms with Gasteiger partial charge in [-0.3, -0.25) is 0 Å². The number of hydrogen-bond acceptors (Lipinski definition) is 3. The second-order valence-corrected chi connectivity index (χ2v) is 2.96. The van der Waals surface area contributed by atoms with E-state index in [1.54, 1.807) is 6.07 Å². The van der Waals surface area contributed by atoms with E-state index >= 15 is 0 Å². The zero-order valence-corrected chi connectivity index (χ0v) is 7.64. The van der Waals surface area contributed by atoms with Gasteiger partial charge in [0.1, 0.15) is 12.7 Å². The van der Waals surface area contributed by atoms with Crippen molar-refractivity contribution in [3.63, 3.8) is 0 Å². The minimum atomic E-state index is -2.59. The molecule has 0 radical (unpaired) electrons. The molecule has 0 unspecified atom stereocenters. The quantitative estimate of drug-likeness (QED) is 0.769. The molecule has 0 atom stereocenters. The third-order valence-corrected chi connectivity index (χ3v) is 1.95. The first-order chi connectivity index (χ1) is 7.18. The van der Waals surface area contributed by atoms with Crippen LogP contribution in [0.4, 0.5) is 14.5 Å². The van der Waals surface area contributed by atoms with Crippen LogP contribution < -0.4 is 5.73 Å². The van der Waals surface area contributed by atoms with Gasteiger partial charge in [0, 0.05) is 11.3 Å². The standard InChI is InChI=1S/C9H8F2N4/c10-9(11)7-3-6(12)1-2-8(7)15-5-13-4-14-15/h1-5,9H,12H2. The highest BCUT2D eigenvalue weighted by Crippen LogP contribution is 2.27. The molecule has 2 rings (SSSR count). The molecule has 1 aromatic carbocycles. The van der Waals surface area contributed by atoms with Crippen molar-refractivity contribution in [3.05, 3.63) is 36.4 Å². The summed E-state index contributed by atoms with van der Waals surface area (Å²) in [4.78, 5) is 3.70. The van der Waals surface area contributed by atoms with Crippen molar-refractivity contribution in [2.45, 2.75) is 6.43 Å². The van der Waals surface area contributed by atoms with Crippen LogP contribution in [0.15, 0.2) is 30.9 Å². The first-order valence-corrected chi connectivity index (χ1v) is 4.21. The summed E-state index contributed by atoms with van der Waals surface area (Å²) < 4.78 is 26.6. The van der Waals surface area contributed by atoms with Gasteiger partial charge in [0.15, 0.2) is 0 Å². The highest BCUT2D eigenvalue weighted by Gasteiger charge is 2.14. The summed E-state index contributed by atoms with van der Waals surface area (Å²) in [6.45, 7) is 0. The van der Waals surface area contributed by atoms with Gasteiger partial charge in [-0.2, -0.15) is 5.10 Å². The number of anilines is 1. The zero-order valence-electron chi connectivity index (χ0n) is 7.64. The van der Waals surface area contributed by atoms with Gasteiger partial charge in [-0.25, -0.2) is 18.4 Å². The van der Waals surface area contributed by atoms with Gasteiger partial charge in [-0.1, -0.05) is 0 Å². The summed E-state index contributed by atoms with van der Waals surface area (Å²) in [7, 11) is 0. The number of nitrogens with two attached hydrogens (primary N) is 1. The largest absolute Gasteiger partial charge is 0.399 e. The van der Waals surface area contributed by atoms with Crippen LogP contribution in [0.3, 0.4) is 0 Å². The molecule has 0 aliphatic rings. The Morgan fingerprint density at radius 2 is 2.13 bits per heavy atom. The van der Waals surface area contributed by atoms with E-state index in [-0.39, 0.29) is 11.3 Å². The molecule has 2 N–H and O–H groups in total. The number of halogens is 2. The number of nitrogens with zero attached hydrogens (tertiary/aromatic N) is 3. The third kappa shape index (κ3) is 1.78. The van der Waals surface area contributed by atoms with Crippen molar-refractivity contribution in [2.75, 3.05) is 5.73 Å². The lowest BCUT2D eigenvalue weighted by Gasteiger charge is -2.08. The van der Waals surface area contributed by atoms with Crippen LogP contribution in [0.25, 0.3) is 5.69 Å². The van der Waals surface area contributed by atoms with Gasteiger partial charge in [0.25, 0.3) is 6.43 Å². The minimum Gasteiger partial charge on any atom is -0.399 e. The van der Waals surface area contributed by atoms with E-state index < -0.39 is 6.43 Å². The highest BCUT2D eigenvalue weighted by atomic mass is 19.3. The number of rotatable bonds is 2. The molecule has 78 valence electrons. The fourth-order valence-corrected chi connectivity index (χ4v) is 1.29. The molecule has 4 nitrogen and oxygen atoms in total. The van der Waals surface area contributed by atoms with Crippen molar-refractivity contribution in [1.82, 2.24) is 14.8 Å². The van der Waals surface area contributed by atoms with Crippen molar-refractivity contribution in [2.24, 2.45) is 0 Å². The lowest BCUT2D eigenvalue weighted by atomic mass is 10.1. The van der Waals surface area contributed by atoms with E-state index in [1.165, 1.54) is 29.5 Å². The minimum absolute atomic E-state index is 0.152. The SMILES string of the molecule is Nc1ccc(-n2cncn2)c(C(F)F)c1. The molecule has 0 fully saturated rings. The first-order valence-electron chi connectivity index (χ1n) is 4.21. The molecular weight excluding hydrogens is 202 g/mol. The van der Waals surface area contributed by atoms with E-state index in [9.17, 15) is 8.78 Å². The van der Waals surface area contributed by atoms with Gasteiger partial charge in [0.2, 0.25) is 0 Å². The Balaban J connectivity index is 2.56. The molecule has 0 amide bonds. The molecule has 0 aliphatic carbocycles. The van der Waals surface area contributed by atoms with Crippen molar-refractivity contribution >= 4 is 5.69 Å². The number of aromatic nitrogens is 3. The molecule has 0 saturated heterocycles. The van der Waals surface area contributed by atoms with Gasteiger partial charge >= 0.3 is 0 Å². The number of hydrogen-bond donors (Lipinski definition) is 1. The van der Waals surface area contributed by atoms with Crippen molar-refractivity contribution < 1.29 is 8.78 Å². The smallest absolute Gasteiger partial charge is 0.266 e. The Hall–Kier alpha value is -1.98. The third-order valence-electron chi connectivity index (χ3n) is 1.95. The predicted octanol–water partition coefficient (Wildman–Crippen LogP) is 1.79. The van der Waals surface area contributed by atoms with Crippen LogP contribution in [0.1, 0.15) is 12.0 Å². The zero-order chi connectivity index (χ0) is 10.8. The molecule has 1 heterocycles. The van der Waals surface area contributed by atoms with E-state index in [0.717, 1.165) is 0 Å². The molecule has 1 aromatic heterocycles. The molecule has 6 heteroatoms. The number of benzene rings is 1. The second-order valence-electron chi connectivity index (χ2n) is 2.96. The molecular formula is C9H8F2N4. The predicted molar refractivity (Wildman–Crippen MR) is 50.7 cm³/mol. The molecule has 15 heavy (non-hydrogen) atoms. The Labute approximate surface area is 84.4 Å². The lowest BCUT2D eigenvalue weighted by molar-refractivity contribution is 0.151. The van der Waals surface area contributed by atoms with E-state index in [2.05, 4.69) is 10.1 Å². The lowest BCUT2D eigenvalue weighted by Crippen LogP contribution is -2.01. The fourth-order valence-electron chi connectivity index (χ4n) is 1.29. The van der Waals surface area contributed by atoms with E-state index in [0.29, 0.717) is 5.69 Å². The molecule has 2 aromatic rings. The van der Waals surface area contributed by atoms with Crippen molar-refractivity contribution in [1.29, 1.82) is 0 Å². The highest BCUT2D eigenvalue weighted by molar-refractivity contribution is 5.51. The van der Waals surface area contributed by atoms with Gasteiger partial charge in [-0.05, 0) is 18.2 Å². The van der Waals surface area contributed by atoms with Crippen LogP contribution in [0.2, 0.25) is 0 Å². The summed E-state index contributed by atoms with van der Waals surface area (Å²) in [5.41, 5.74) is 5.88. The van der Waals surface area contributed by atoms with E-state index in [1.807, 2.05) is 0 Å². The fraction of sp³-hybridized carbons (Fsp3) is 0.111. The monoisotopic (exact) mass is 210 g/mol. The summed E-state index contributed by atoms with van der Waals surface area (Å²) >= 11 is 0. The van der Waals surface area contributed by atoms with Crippen LogP contribution in [-0.2, 0) is 0 Å². The van der Waals surface area contributed by atoms with Gasteiger partial charge in [-0.15, -0.1) is 0 Å². The maximum absolute atomic E-state index is 12.7. The molecule has 0 saturated carbocycles. The van der Waals surface area contributed by atoms with E-state index in [4.69, 9.17) is 5.73 Å². The van der Waals surface area contributed by atoms with Crippen LogP contribution in [0.5, 0.6) is 0 Å². The second kappa shape index (κ2) is 3.64. The number of nitrogen functional groups attached to an aromatic ring is 1. The number of alkyl halides is 2. The summed E-state index contributed by atoms with van der Waals surface area (Å²) in [6.07, 6.45) is 0.0518. The normalized spacial score (nSPS) is 10.9. The first kappa shape index (κ1) is 9.57. The van der Waals surface area contributed by atoms with Gasteiger partial charge < -0.3 is 5.73 Å². The Bertz CT molecular complexity index is 453. The Morgan fingerprint density at radius 3 is 2.73 bits per heavy atom.